The van der Waals surface area contributed by atoms with Gasteiger partial charge in [-0.2, -0.15) is 0 Å². The molecule has 1 aromatic heterocycles. The van der Waals surface area contributed by atoms with Crippen LogP contribution in [0, 0.1) is 0 Å². The lowest BCUT2D eigenvalue weighted by Crippen LogP contribution is -2.43. The molecule has 0 bridgehead atoms. The molecule has 2 heterocycles. The van der Waals surface area contributed by atoms with E-state index in [1.54, 1.807) is 0 Å². The monoisotopic (exact) mass is 522 g/mol. The zero-order valence-electron chi connectivity index (χ0n) is 19.9. The molecule has 0 unspecified atom stereocenters. The molecule has 0 radical (unpaired) electrons. The number of rotatable bonds is 8. The van der Waals surface area contributed by atoms with Crippen molar-refractivity contribution >= 4 is 40.1 Å². The molecule has 5 rings (SSSR count). The van der Waals surface area contributed by atoms with Crippen LogP contribution in [0.25, 0.3) is 11.0 Å². The molecule has 1 fully saturated rings. The number of morpholine rings is 1. The third-order valence-corrected chi connectivity index (χ3v) is 7.23. The van der Waals surface area contributed by atoms with Gasteiger partial charge in [-0.05, 0) is 35.4 Å². The Kier molecular flexibility index (Phi) is 7.87. The van der Waals surface area contributed by atoms with Crippen molar-refractivity contribution in [2.45, 2.75) is 12.5 Å². The van der Waals surface area contributed by atoms with E-state index >= 15 is 0 Å². The lowest BCUT2D eigenvalue weighted by atomic mass is 10.0. The van der Waals surface area contributed by atoms with Crippen LogP contribution in [0.2, 0.25) is 10.0 Å². The minimum absolute atomic E-state index is 0.0795. The summed E-state index contributed by atoms with van der Waals surface area (Å²) in [6.07, 6.45) is 0.400. The van der Waals surface area contributed by atoms with Gasteiger partial charge in [-0.15, -0.1) is 0 Å². The highest BCUT2D eigenvalue weighted by Crippen LogP contribution is 2.31. The van der Waals surface area contributed by atoms with Gasteiger partial charge in [0.25, 0.3) is 0 Å². The van der Waals surface area contributed by atoms with Gasteiger partial charge in [0.05, 0.1) is 24.2 Å². The Hall–Kier alpha value is -2.90. The van der Waals surface area contributed by atoms with Crippen LogP contribution < -0.4 is 5.32 Å². The van der Waals surface area contributed by atoms with E-state index in [1.807, 2.05) is 77.4 Å². The van der Waals surface area contributed by atoms with E-state index in [0.29, 0.717) is 23.0 Å². The minimum Gasteiger partial charge on any atom is -0.379 e. The fourth-order valence-corrected chi connectivity index (χ4v) is 5.21. The van der Waals surface area contributed by atoms with Crippen molar-refractivity contribution in [1.29, 1.82) is 0 Å². The predicted octanol–water partition coefficient (Wildman–Crippen LogP) is 4.97. The van der Waals surface area contributed by atoms with Crippen LogP contribution in [-0.2, 0) is 16.0 Å². The maximum Gasteiger partial charge on any atom is 0.247 e. The summed E-state index contributed by atoms with van der Waals surface area (Å²) in [6.45, 7) is 4.56. The molecule has 36 heavy (non-hydrogen) atoms. The third-order valence-electron chi connectivity index (χ3n) is 6.52. The van der Waals surface area contributed by atoms with E-state index in [2.05, 4.69) is 10.2 Å². The summed E-state index contributed by atoms with van der Waals surface area (Å²) in [5.74, 6) is 0.646. The number of halogens is 2. The van der Waals surface area contributed by atoms with Gasteiger partial charge in [0.2, 0.25) is 5.91 Å². The fraction of sp³-hybridized carbons (Fsp3) is 0.286. The molecule has 186 valence electrons. The number of imidazole rings is 1. The molecule has 1 saturated heterocycles. The molecule has 1 N–H and O–H groups in total. The molecule has 0 spiro atoms. The van der Waals surface area contributed by atoms with Crippen LogP contribution >= 0.6 is 23.2 Å². The number of nitrogens with zero attached hydrogens (tertiary/aromatic N) is 3. The quantitative estimate of drug-likeness (QED) is 0.354. The standard InChI is InChI=1S/C28H28Cl2N4O2/c29-22-9-6-10-23(30)21(22)19-26-32-24-11-4-5-12-25(24)34(26)27(20-7-2-1-3-8-20)28(35)31-13-14-33-15-17-36-18-16-33/h1-12,27H,13-19H2,(H,31,35)/t27-/m0/s1. The second-order valence-electron chi connectivity index (χ2n) is 8.82. The molecule has 4 aromatic rings. The molecule has 3 aromatic carbocycles. The number of benzene rings is 3. The average molecular weight is 523 g/mol. The number of hydrogen-bond donors (Lipinski definition) is 1. The van der Waals surface area contributed by atoms with E-state index in [4.69, 9.17) is 32.9 Å². The molecule has 1 aliphatic heterocycles. The van der Waals surface area contributed by atoms with Crippen molar-refractivity contribution in [3.63, 3.8) is 0 Å². The van der Waals surface area contributed by atoms with Crippen LogP contribution in [0.4, 0.5) is 0 Å². The van der Waals surface area contributed by atoms with Gasteiger partial charge in [0.1, 0.15) is 11.9 Å². The smallest absolute Gasteiger partial charge is 0.247 e. The van der Waals surface area contributed by atoms with Crippen LogP contribution in [0.1, 0.15) is 23.0 Å². The second kappa shape index (κ2) is 11.4. The van der Waals surface area contributed by atoms with Gasteiger partial charge < -0.3 is 14.6 Å². The summed E-state index contributed by atoms with van der Waals surface area (Å²) in [5.41, 5.74) is 3.37. The lowest BCUT2D eigenvalue weighted by molar-refractivity contribution is -0.123. The van der Waals surface area contributed by atoms with Crippen molar-refractivity contribution in [2.24, 2.45) is 0 Å². The van der Waals surface area contributed by atoms with Crippen LogP contribution in [-0.4, -0.2) is 59.8 Å². The van der Waals surface area contributed by atoms with Crippen molar-refractivity contribution in [3.05, 3.63) is 99.8 Å². The highest BCUT2D eigenvalue weighted by atomic mass is 35.5. The summed E-state index contributed by atoms with van der Waals surface area (Å²) in [6, 6.07) is 22.6. The van der Waals surface area contributed by atoms with Gasteiger partial charge in [-0.3, -0.25) is 9.69 Å². The van der Waals surface area contributed by atoms with Gasteiger partial charge in [-0.25, -0.2) is 4.98 Å². The molecule has 1 amide bonds. The van der Waals surface area contributed by atoms with E-state index in [9.17, 15) is 4.79 Å². The summed E-state index contributed by atoms with van der Waals surface area (Å²) < 4.78 is 7.46. The maximum atomic E-state index is 13.8. The second-order valence-corrected chi connectivity index (χ2v) is 9.64. The molecule has 8 heteroatoms. The van der Waals surface area contributed by atoms with Crippen LogP contribution in [0.3, 0.4) is 0 Å². The molecule has 6 nitrogen and oxygen atoms in total. The lowest BCUT2D eigenvalue weighted by Gasteiger charge is -2.27. The Morgan fingerprint density at radius 3 is 2.39 bits per heavy atom. The summed E-state index contributed by atoms with van der Waals surface area (Å²) in [7, 11) is 0. The summed E-state index contributed by atoms with van der Waals surface area (Å²) in [4.78, 5) is 21.0. The third kappa shape index (κ3) is 5.42. The van der Waals surface area contributed by atoms with E-state index in [0.717, 1.165) is 60.8 Å². The van der Waals surface area contributed by atoms with Crippen molar-refractivity contribution < 1.29 is 9.53 Å². The Morgan fingerprint density at radius 1 is 0.944 bits per heavy atom. The fourth-order valence-electron chi connectivity index (χ4n) is 4.68. The minimum atomic E-state index is -0.598. The van der Waals surface area contributed by atoms with Gasteiger partial charge in [-0.1, -0.05) is 71.7 Å². The first-order valence-electron chi connectivity index (χ1n) is 12.1. The molecule has 1 aliphatic rings. The molecule has 1 atom stereocenters. The van der Waals surface area contributed by atoms with Crippen molar-refractivity contribution in [2.75, 3.05) is 39.4 Å². The number of para-hydroxylation sites is 2. The normalized spacial score (nSPS) is 15.2. The van der Waals surface area contributed by atoms with Crippen molar-refractivity contribution in [3.8, 4) is 0 Å². The van der Waals surface area contributed by atoms with Crippen LogP contribution in [0.5, 0.6) is 0 Å². The number of carbonyl (C=O) groups is 1. The van der Waals surface area contributed by atoms with E-state index in [-0.39, 0.29) is 5.91 Å². The SMILES string of the molecule is O=C(NCCN1CCOCC1)[C@H](c1ccccc1)n1c(Cc2c(Cl)cccc2Cl)nc2ccccc21. The number of nitrogens with one attached hydrogen (secondary N) is 1. The van der Waals surface area contributed by atoms with Crippen LogP contribution in [0.15, 0.2) is 72.8 Å². The zero-order valence-corrected chi connectivity index (χ0v) is 21.4. The summed E-state index contributed by atoms with van der Waals surface area (Å²) in [5, 5.41) is 4.33. The first kappa shape index (κ1) is 24.8. The highest BCUT2D eigenvalue weighted by molar-refractivity contribution is 6.36. The zero-order chi connectivity index (χ0) is 24.9. The highest BCUT2D eigenvalue weighted by Gasteiger charge is 2.28. The van der Waals surface area contributed by atoms with Gasteiger partial charge >= 0.3 is 0 Å². The number of amides is 1. The van der Waals surface area contributed by atoms with Gasteiger partial charge in [0.15, 0.2) is 0 Å². The van der Waals surface area contributed by atoms with E-state index in [1.165, 1.54) is 0 Å². The Bertz CT molecular complexity index is 1320. The number of carbonyl (C=O) groups excluding carboxylic acids is 1. The average Bonchev–Trinajstić information content (AvgIpc) is 3.25. The first-order chi connectivity index (χ1) is 17.6. The first-order valence-corrected chi connectivity index (χ1v) is 12.9. The topological polar surface area (TPSA) is 59.4 Å². The van der Waals surface area contributed by atoms with Gasteiger partial charge in [0, 0.05) is 42.6 Å². The van der Waals surface area contributed by atoms with Crippen molar-refractivity contribution in [1.82, 2.24) is 19.8 Å². The predicted molar refractivity (Wildman–Crippen MR) is 144 cm³/mol. The number of hydrogen-bond acceptors (Lipinski definition) is 4. The van der Waals surface area contributed by atoms with E-state index < -0.39 is 6.04 Å². The molecule has 0 saturated carbocycles. The maximum absolute atomic E-state index is 13.8. The Morgan fingerprint density at radius 2 is 1.64 bits per heavy atom. The largest absolute Gasteiger partial charge is 0.379 e. The number of fused-ring (bicyclic) bond motifs is 1. The number of aromatic nitrogens is 2. The Labute approximate surface area is 220 Å². The Balaban J connectivity index is 1.52. The molecular formula is C28H28Cl2N4O2. The number of ether oxygens (including phenoxy) is 1. The molecule has 0 aliphatic carbocycles. The summed E-state index contributed by atoms with van der Waals surface area (Å²) >= 11 is 13.0. The molecular weight excluding hydrogens is 495 g/mol.